The summed E-state index contributed by atoms with van der Waals surface area (Å²) < 4.78 is 4.95. The molecule has 0 spiro atoms. The van der Waals surface area contributed by atoms with Gasteiger partial charge in [-0.1, -0.05) is 0 Å². The summed E-state index contributed by atoms with van der Waals surface area (Å²) in [7, 11) is 2.14. The summed E-state index contributed by atoms with van der Waals surface area (Å²) in [5.74, 6) is 0.495. The van der Waals surface area contributed by atoms with Crippen molar-refractivity contribution in [1.82, 2.24) is 4.90 Å². The quantitative estimate of drug-likeness (QED) is 0.648. The van der Waals surface area contributed by atoms with Crippen LogP contribution in [0.5, 0.6) is 0 Å². The van der Waals surface area contributed by atoms with E-state index < -0.39 is 0 Å². The van der Waals surface area contributed by atoms with Crippen molar-refractivity contribution in [1.29, 1.82) is 0 Å². The van der Waals surface area contributed by atoms with Gasteiger partial charge in [-0.25, -0.2) is 0 Å². The van der Waals surface area contributed by atoms with Crippen molar-refractivity contribution in [2.75, 3.05) is 20.2 Å². The molecule has 3 nitrogen and oxygen atoms in total. The van der Waals surface area contributed by atoms with Crippen LogP contribution >= 0.6 is 0 Å². The molecular weight excluding hydrogens is 178 g/mol. The molecule has 1 aliphatic heterocycles. The average Bonchev–Trinajstić information content (AvgIpc) is 2.12. The molecule has 82 valence electrons. The minimum atomic E-state index is -0.0331. The number of ether oxygens (including phenoxy) is 1. The summed E-state index contributed by atoms with van der Waals surface area (Å²) in [6.07, 6.45) is 2.85. The summed E-state index contributed by atoms with van der Waals surface area (Å²) in [6, 6.07) is 0.600. The molecule has 0 aromatic rings. The van der Waals surface area contributed by atoms with Crippen LogP contribution in [-0.2, 0) is 9.53 Å². The lowest BCUT2D eigenvalue weighted by atomic mass is 9.89. The van der Waals surface area contributed by atoms with Gasteiger partial charge in [-0.2, -0.15) is 0 Å². The summed E-state index contributed by atoms with van der Waals surface area (Å²) in [6.45, 7) is 5.68. The van der Waals surface area contributed by atoms with Crippen LogP contribution in [0.2, 0.25) is 0 Å². The molecule has 2 atom stereocenters. The zero-order valence-electron chi connectivity index (χ0n) is 9.45. The molecule has 0 radical (unpaired) electrons. The Morgan fingerprint density at radius 3 is 2.86 bits per heavy atom. The Kier molecular flexibility index (Phi) is 4.39. The Hall–Kier alpha value is -0.570. The van der Waals surface area contributed by atoms with E-state index in [0.29, 0.717) is 25.0 Å². The van der Waals surface area contributed by atoms with Crippen LogP contribution in [-0.4, -0.2) is 37.1 Å². The molecule has 2 unspecified atom stereocenters. The first-order valence-corrected chi connectivity index (χ1v) is 5.49. The van der Waals surface area contributed by atoms with Gasteiger partial charge in [0.05, 0.1) is 6.61 Å². The SMILES string of the molecule is CCOC(=O)CC1CCN(C)C(C)C1. The van der Waals surface area contributed by atoms with E-state index >= 15 is 0 Å². The van der Waals surface area contributed by atoms with Crippen molar-refractivity contribution in [3.05, 3.63) is 0 Å². The molecule has 0 aromatic heterocycles. The van der Waals surface area contributed by atoms with Gasteiger partial charge < -0.3 is 9.64 Å². The van der Waals surface area contributed by atoms with Crippen LogP contribution in [0.15, 0.2) is 0 Å². The van der Waals surface area contributed by atoms with E-state index in [2.05, 4.69) is 18.9 Å². The molecule has 0 saturated carbocycles. The summed E-state index contributed by atoms with van der Waals surface area (Å²) in [5.41, 5.74) is 0. The largest absolute Gasteiger partial charge is 0.466 e. The first kappa shape index (κ1) is 11.5. The van der Waals surface area contributed by atoms with Gasteiger partial charge in [0, 0.05) is 12.5 Å². The fourth-order valence-electron chi connectivity index (χ4n) is 2.03. The number of carbonyl (C=O) groups excluding carboxylic acids is 1. The maximum Gasteiger partial charge on any atom is 0.306 e. The molecular formula is C11H21NO2. The predicted octanol–water partition coefficient (Wildman–Crippen LogP) is 1.67. The Labute approximate surface area is 86.4 Å². The minimum absolute atomic E-state index is 0.0331. The Morgan fingerprint density at radius 1 is 1.57 bits per heavy atom. The molecule has 1 heterocycles. The van der Waals surface area contributed by atoms with Gasteiger partial charge in [0.1, 0.15) is 0 Å². The van der Waals surface area contributed by atoms with E-state index in [1.54, 1.807) is 0 Å². The van der Waals surface area contributed by atoms with E-state index in [9.17, 15) is 4.79 Å². The Balaban J connectivity index is 2.29. The van der Waals surface area contributed by atoms with Crippen molar-refractivity contribution >= 4 is 5.97 Å². The van der Waals surface area contributed by atoms with Crippen LogP contribution in [0.3, 0.4) is 0 Å². The van der Waals surface area contributed by atoms with E-state index in [-0.39, 0.29) is 5.97 Å². The highest BCUT2D eigenvalue weighted by Crippen LogP contribution is 2.24. The number of rotatable bonds is 3. The van der Waals surface area contributed by atoms with Crippen LogP contribution in [0.25, 0.3) is 0 Å². The molecule has 14 heavy (non-hydrogen) atoms. The summed E-state index contributed by atoms with van der Waals surface area (Å²) >= 11 is 0. The maximum atomic E-state index is 11.3. The molecule has 3 heteroatoms. The number of esters is 1. The van der Waals surface area contributed by atoms with Crippen LogP contribution in [0.1, 0.15) is 33.1 Å². The predicted molar refractivity (Wildman–Crippen MR) is 56.1 cm³/mol. The van der Waals surface area contributed by atoms with Crippen LogP contribution in [0.4, 0.5) is 0 Å². The molecule has 0 aliphatic carbocycles. The summed E-state index contributed by atoms with van der Waals surface area (Å²) in [5, 5.41) is 0. The number of hydrogen-bond acceptors (Lipinski definition) is 3. The van der Waals surface area contributed by atoms with E-state index in [1.165, 1.54) is 0 Å². The van der Waals surface area contributed by atoms with E-state index in [4.69, 9.17) is 4.74 Å². The third-order valence-electron chi connectivity index (χ3n) is 3.08. The second kappa shape index (κ2) is 5.35. The highest BCUT2D eigenvalue weighted by atomic mass is 16.5. The molecule has 0 amide bonds. The van der Waals surface area contributed by atoms with Crippen molar-refractivity contribution in [3.8, 4) is 0 Å². The lowest BCUT2D eigenvalue weighted by molar-refractivity contribution is -0.144. The number of likely N-dealkylation sites (tertiary alicyclic amines) is 1. The van der Waals surface area contributed by atoms with Gasteiger partial charge in [-0.05, 0) is 46.2 Å². The highest BCUT2D eigenvalue weighted by Gasteiger charge is 2.24. The third kappa shape index (κ3) is 3.29. The summed E-state index contributed by atoms with van der Waals surface area (Å²) in [4.78, 5) is 13.6. The van der Waals surface area contributed by atoms with Gasteiger partial charge in [0.2, 0.25) is 0 Å². The molecule has 0 aromatic carbocycles. The van der Waals surface area contributed by atoms with Crippen LogP contribution in [0, 0.1) is 5.92 Å². The second-order valence-electron chi connectivity index (χ2n) is 4.23. The standard InChI is InChI=1S/C11H21NO2/c1-4-14-11(13)8-10-5-6-12(3)9(2)7-10/h9-10H,4-8H2,1-3H3. The lowest BCUT2D eigenvalue weighted by Crippen LogP contribution is -2.38. The van der Waals surface area contributed by atoms with Gasteiger partial charge >= 0.3 is 5.97 Å². The number of piperidine rings is 1. The second-order valence-corrected chi connectivity index (χ2v) is 4.23. The molecule has 0 bridgehead atoms. The fourth-order valence-corrected chi connectivity index (χ4v) is 2.03. The average molecular weight is 199 g/mol. The number of hydrogen-bond donors (Lipinski definition) is 0. The Bertz CT molecular complexity index is 194. The molecule has 0 N–H and O–H groups in total. The molecule has 1 saturated heterocycles. The fraction of sp³-hybridized carbons (Fsp3) is 0.909. The molecule has 1 aliphatic rings. The lowest BCUT2D eigenvalue weighted by Gasteiger charge is -2.34. The van der Waals surface area contributed by atoms with Crippen molar-refractivity contribution < 1.29 is 9.53 Å². The van der Waals surface area contributed by atoms with Gasteiger partial charge in [0.15, 0.2) is 0 Å². The smallest absolute Gasteiger partial charge is 0.306 e. The maximum absolute atomic E-state index is 11.3. The van der Waals surface area contributed by atoms with Crippen molar-refractivity contribution in [3.63, 3.8) is 0 Å². The monoisotopic (exact) mass is 199 g/mol. The number of nitrogens with zero attached hydrogens (tertiary/aromatic N) is 1. The van der Waals surface area contributed by atoms with Gasteiger partial charge in [-0.3, -0.25) is 4.79 Å². The zero-order chi connectivity index (χ0) is 10.6. The zero-order valence-corrected chi connectivity index (χ0v) is 9.45. The molecule has 1 fully saturated rings. The van der Waals surface area contributed by atoms with E-state index in [1.807, 2.05) is 6.92 Å². The number of carbonyl (C=O) groups is 1. The minimum Gasteiger partial charge on any atom is -0.466 e. The molecule has 1 rings (SSSR count). The van der Waals surface area contributed by atoms with Gasteiger partial charge in [0.25, 0.3) is 0 Å². The van der Waals surface area contributed by atoms with Crippen molar-refractivity contribution in [2.24, 2.45) is 5.92 Å². The first-order chi connectivity index (χ1) is 6.63. The van der Waals surface area contributed by atoms with Crippen LogP contribution < -0.4 is 0 Å². The first-order valence-electron chi connectivity index (χ1n) is 5.49. The third-order valence-corrected chi connectivity index (χ3v) is 3.08. The van der Waals surface area contributed by atoms with Gasteiger partial charge in [-0.15, -0.1) is 0 Å². The normalized spacial score (nSPS) is 28.8. The van der Waals surface area contributed by atoms with Crippen molar-refractivity contribution in [2.45, 2.75) is 39.2 Å². The Morgan fingerprint density at radius 2 is 2.29 bits per heavy atom. The highest BCUT2D eigenvalue weighted by molar-refractivity contribution is 5.69. The topological polar surface area (TPSA) is 29.5 Å². The van der Waals surface area contributed by atoms with E-state index in [0.717, 1.165) is 19.4 Å².